The summed E-state index contributed by atoms with van der Waals surface area (Å²) in [6, 6.07) is 14.0. The Morgan fingerprint density at radius 1 is 1.19 bits per heavy atom. The number of benzene rings is 2. The first kappa shape index (κ1) is 19.5. The van der Waals surface area contributed by atoms with Crippen molar-refractivity contribution in [2.45, 2.75) is 26.2 Å². The van der Waals surface area contributed by atoms with E-state index in [2.05, 4.69) is 23.5 Å². The summed E-state index contributed by atoms with van der Waals surface area (Å²) in [5.74, 6) is 0.786. The first-order valence-corrected chi connectivity index (χ1v) is 8.72. The number of nitrogens with zero attached hydrogens (tertiary/aromatic N) is 2. The molecule has 0 heterocycles. The van der Waals surface area contributed by atoms with Gasteiger partial charge in [-0.05, 0) is 60.7 Å². The van der Waals surface area contributed by atoms with Crippen molar-refractivity contribution in [2.24, 2.45) is 5.10 Å². The van der Waals surface area contributed by atoms with Crippen molar-refractivity contribution in [3.05, 3.63) is 59.2 Å². The number of methoxy groups -OCH3 is 1. The molecule has 0 aliphatic carbocycles. The molecule has 0 saturated heterocycles. The number of ether oxygens (including phenoxy) is 1. The molecule has 0 aromatic heterocycles. The van der Waals surface area contributed by atoms with Gasteiger partial charge in [0.1, 0.15) is 5.75 Å². The lowest BCUT2D eigenvalue weighted by Gasteiger charge is -2.11. The van der Waals surface area contributed by atoms with E-state index in [1.54, 1.807) is 13.3 Å². The van der Waals surface area contributed by atoms with Crippen molar-refractivity contribution in [1.29, 1.82) is 0 Å². The molecule has 2 rings (SSSR count). The zero-order valence-corrected chi connectivity index (χ0v) is 16.0. The van der Waals surface area contributed by atoms with Gasteiger partial charge in [-0.2, -0.15) is 5.10 Å². The summed E-state index contributed by atoms with van der Waals surface area (Å²) < 4.78 is 5.21. The highest BCUT2D eigenvalue weighted by molar-refractivity contribution is 5.82. The molecule has 0 saturated carbocycles. The highest BCUT2D eigenvalue weighted by atomic mass is 16.5. The van der Waals surface area contributed by atoms with E-state index < -0.39 is 0 Å². The predicted octanol–water partition coefficient (Wildman–Crippen LogP) is 3.54. The molecule has 0 aliphatic rings. The number of carbonyl (C=O) groups is 1. The molecule has 0 atom stereocenters. The van der Waals surface area contributed by atoms with Crippen LogP contribution in [0.4, 0.5) is 5.69 Å². The summed E-state index contributed by atoms with van der Waals surface area (Å²) in [7, 11) is 5.66. The van der Waals surface area contributed by atoms with Gasteiger partial charge in [-0.25, -0.2) is 5.43 Å². The number of hydrogen-bond donors (Lipinski definition) is 1. The van der Waals surface area contributed by atoms with Gasteiger partial charge in [-0.1, -0.05) is 18.2 Å². The molecule has 2 aromatic carbocycles. The lowest BCUT2D eigenvalue weighted by atomic mass is 10.0. The smallest absolute Gasteiger partial charge is 0.240 e. The standard InChI is InChI=1S/C21H27N3O2/c1-16-14-20(26-4)13-10-18(16)6-5-7-21(25)23-22-15-17-8-11-19(12-9-17)24(2)3/h8-15H,5-7H2,1-4H3,(H,23,25)/b22-15-. The van der Waals surface area contributed by atoms with Crippen LogP contribution in [-0.2, 0) is 11.2 Å². The minimum Gasteiger partial charge on any atom is -0.497 e. The van der Waals surface area contributed by atoms with Crippen LogP contribution in [0.5, 0.6) is 5.75 Å². The maximum absolute atomic E-state index is 11.9. The summed E-state index contributed by atoms with van der Waals surface area (Å²) in [5.41, 5.74) is 7.08. The lowest BCUT2D eigenvalue weighted by Crippen LogP contribution is -2.17. The number of hydrazone groups is 1. The van der Waals surface area contributed by atoms with Gasteiger partial charge in [0, 0.05) is 26.2 Å². The molecule has 2 aromatic rings. The monoisotopic (exact) mass is 353 g/mol. The summed E-state index contributed by atoms with van der Waals surface area (Å²) in [5, 5.41) is 4.03. The number of carbonyl (C=O) groups excluding carboxylic acids is 1. The summed E-state index contributed by atoms with van der Waals surface area (Å²) in [4.78, 5) is 13.9. The summed E-state index contributed by atoms with van der Waals surface area (Å²) >= 11 is 0. The maximum Gasteiger partial charge on any atom is 0.240 e. The van der Waals surface area contributed by atoms with Crippen LogP contribution >= 0.6 is 0 Å². The predicted molar refractivity (Wildman–Crippen MR) is 107 cm³/mol. The normalized spacial score (nSPS) is 10.8. The van der Waals surface area contributed by atoms with Crippen LogP contribution in [0, 0.1) is 6.92 Å². The fourth-order valence-corrected chi connectivity index (χ4v) is 2.61. The van der Waals surface area contributed by atoms with Crippen LogP contribution in [0.3, 0.4) is 0 Å². The number of nitrogens with one attached hydrogen (secondary N) is 1. The quantitative estimate of drug-likeness (QED) is 0.583. The van der Waals surface area contributed by atoms with Crippen LogP contribution < -0.4 is 15.1 Å². The Labute approximate surface area is 155 Å². The lowest BCUT2D eigenvalue weighted by molar-refractivity contribution is -0.121. The van der Waals surface area contributed by atoms with Crippen molar-refractivity contribution in [1.82, 2.24) is 5.43 Å². The van der Waals surface area contributed by atoms with Gasteiger partial charge in [-0.15, -0.1) is 0 Å². The van der Waals surface area contributed by atoms with Gasteiger partial charge in [-0.3, -0.25) is 4.79 Å². The molecule has 0 fully saturated rings. The average Bonchev–Trinajstić information content (AvgIpc) is 2.63. The molecule has 138 valence electrons. The Kier molecular flexibility index (Phi) is 7.21. The van der Waals surface area contributed by atoms with E-state index >= 15 is 0 Å². The summed E-state index contributed by atoms with van der Waals surface area (Å²) in [6.45, 7) is 2.06. The number of rotatable bonds is 8. The van der Waals surface area contributed by atoms with E-state index in [1.807, 2.05) is 55.4 Å². The Hall–Kier alpha value is -2.82. The Morgan fingerprint density at radius 2 is 1.92 bits per heavy atom. The minimum absolute atomic E-state index is 0.0719. The van der Waals surface area contributed by atoms with Crippen LogP contribution in [0.1, 0.15) is 29.5 Å². The highest BCUT2D eigenvalue weighted by Gasteiger charge is 2.04. The van der Waals surface area contributed by atoms with Gasteiger partial charge in [0.25, 0.3) is 0 Å². The molecule has 1 N–H and O–H groups in total. The molecule has 0 radical (unpaired) electrons. The SMILES string of the molecule is COc1ccc(CCCC(=O)N/N=C\c2ccc(N(C)C)cc2)c(C)c1. The largest absolute Gasteiger partial charge is 0.497 e. The van der Waals surface area contributed by atoms with Crippen molar-refractivity contribution in [3.8, 4) is 5.75 Å². The van der Waals surface area contributed by atoms with Gasteiger partial charge < -0.3 is 9.64 Å². The van der Waals surface area contributed by atoms with Gasteiger partial charge >= 0.3 is 0 Å². The van der Waals surface area contributed by atoms with Crippen LogP contribution in [0.2, 0.25) is 0 Å². The first-order valence-electron chi connectivity index (χ1n) is 8.72. The second-order valence-corrected chi connectivity index (χ2v) is 6.43. The van der Waals surface area contributed by atoms with Crippen molar-refractivity contribution < 1.29 is 9.53 Å². The molecule has 5 heteroatoms. The van der Waals surface area contributed by atoms with E-state index in [-0.39, 0.29) is 5.91 Å². The van der Waals surface area contributed by atoms with E-state index in [1.165, 1.54) is 11.1 Å². The van der Waals surface area contributed by atoms with E-state index in [9.17, 15) is 4.79 Å². The second kappa shape index (κ2) is 9.61. The number of aryl methyl sites for hydroxylation is 2. The van der Waals surface area contributed by atoms with Crippen molar-refractivity contribution in [2.75, 3.05) is 26.1 Å². The number of anilines is 1. The van der Waals surface area contributed by atoms with Crippen molar-refractivity contribution >= 4 is 17.8 Å². The third-order valence-electron chi connectivity index (χ3n) is 4.21. The molecule has 0 spiro atoms. The molecular weight excluding hydrogens is 326 g/mol. The van der Waals surface area contributed by atoms with E-state index in [0.717, 1.165) is 29.8 Å². The zero-order valence-electron chi connectivity index (χ0n) is 16.0. The summed E-state index contributed by atoms with van der Waals surface area (Å²) in [6.07, 6.45) is 3.75. The van der Waals surface area contributed by atoms with Gasteiger partial charge in [0.15, 0.2) is 0 Å². The third-order valence-corrected chi connectivity index (χ3v) is 4.21. The molecular formula is C21H27N3O2. The topological polar surface area (TPSA) is 53.9 Å². The van der Waals surface area contributed by atoms with E-state index in [4.69, 9.17) is 4.74 Å². The second-order valence-electron chi connectivity index (χ2n) is 6.43. The molecule has 0 unspecified atom stereocenters. The van der Waals surface area contributed by atoms with Gasteiger partial charge in [0.05, 0.1) is 13.3 Å². The fraction of sp³-hybridized carbons (Fsp3) is 0.333. The maximum atomic E-state index is 11.9. The molecule has 1 amide bonds. The van der Waals surface area contributed by atoms with Crippen LogP contribution in [0.15, 0.2) is 47.6 Å². The van der Waals surface area contributed by atoms with Crippen LogP contribution in [0.25, 0.3) is 0 Å². The molecule has 5 nitrogen and oxygen atoms in total. The highest BCUT2D eigenvalue weighted by Crippen LogP contribution is 2.18. The minimum atomic E-state index is -0.0719. The third kappa shape index (κ3) is 5.92. The Balaban J connectivity index is 1.75. The Bertz CT molecular complexity index is 752. The Morgan fingerprint density at radius 3 is 2.54 bits per heavy atom. The molecule has 0 bridgehead atoms. The fourth-order valence-electron chi connectivity index (χ4n) is 2.61. The number of hydrogen-bond acceptors (Lipinski definition) is 4. The average molecular weight is 353 g/mol. The first-order chi connectivity index (χ1) is 12.5. The van der Waals surface area contributed by atoms with E-state index in [0.29, 0.717) is 6.42 Å². The van der Waals surface area contributed by atoms with Crippen LogP contribution in [-0.4, -0.2) is 33.3 Å². The number of amides is 1. The van der Waals surface area contributed by atoms with Gasteiger partial charge in [0.2, 0.25) is 5.91 Å². The molecule has 0 aliphatic heterocycles. The zero-order chi connectivity index (χ0) is 18.9. The van der Waals surface area contributed by atoms with Crippen molar-refractivity contribution in [3.63, 3.8) is 0 Å². The molecule has 26 heavy (non-hydrogen) atoms.